The molecule has 1 N–H and O–H groups in total. The molecule has 0 fully saturated rings. The Morgan fingerprint density at radius 2 is 1.81 bits per heavy atom. The van der Waals surface area contributed by atoms with Crippen molar-refractivity contribution in [2.45, 2.75) is 11.9 Å². The number of para-hydroxylation sites is 2. The maximum Gasteiger partial charge on any atom is 0.267 e. The van der Waals surface area contributed by atoms with E-state index in [1.807, 2.05) is 6.07 Å². The molecule has 3 aromatic rings. The van der Waals surface area contributed by atoms with E-state index in [0.717, 1.165) is 0 Å². The first-order valence-corrected chi connectivity index (χ1v) is 12.2. The summed E-state index contributed by atoms with van der Waals surface area (Å²) in [4.78, 5) is 12.9. The number of ether oxygens (including phenoxy) is 1. The predicted octanol–water partition coefficient (Wildman–Crippen LogP) is 4.84. The minimum Gasteiger partial charge on any atom is -0.476 e. The van der Waals surface area contributed by atoms with Crippen molar-refractivity contribution in [2.75, 3.05) is 16.2 Å². The summed E-state index contributed by atoms with van der Waals surface area (Å²) in [6.45, 7) is -0.137. The van der Waals surface area contributed by atoms with Gasteiger partial charge in [-0.3, -0.25) is 9.10 Å². The van der Waals surface area contributed by atoms with Gasteiger partial charge >= 0.3 is 0 Å². The highest BCUT2D eigenvalue weighted by atomic mass is 79.9. The standard InChI is InChI=1S/C22H18BrClN2O4S/c23-17-11-10-16(12-18(17)24)25-22(27)21-13-26(19-8-4-5-9-20(19)30-21)31(28,29)14-15-6-2-1-3-7-15/h1-12,21H,13-14H2,(H,25,27)/t21-/m1/s1. The van der Waals surface area contributed by atoms with Crippen molar-refractivity contribution >= 4 is 54.8 Å². The SMILES string of the molecule is O=C(Nc1ccc(Br)c(Cl)c1)[C@H]1CN(S(=O)(=O)Cc2ccccc2)c2ccccc2O1. The Kier molecular flexibility index (Phi) is 6.22. The van der Waals surface area contributed by atoms with E-state index < -0.39 is 22.0 Å². The maximum absolute atomic E-state index is 13.2. The molecule has 0 unspecified atom stereocenters. The van der Waals surface area contributed by atoms with Gasteiger partial charge in [0.05, 0.1) is 23.0 Å². The van der Waals surface area contributed by atoms with Gasteiger partial charge in [0, 0.05) is 10.2 Å². The molecular formula is C22H18BrClN2O4S. The smallest absolute Gasteiger partial charge is 0.267 e. The quantitative estimate of drug-likeness (QED) is 0.521. The number of carbonyl (C=O) groups is 1. The molecule has 1 amide bonds. The summed E-state index contributed by atoms with van der Waals surface area (Å²) in [5.41, 5.74) is 1.56. The lowest BCUT2D eigenvalue weighted by atomic mass is 10.2. The summed E-state index contributed by atoms with van der Waals surface area (Å²) >= 11 is 9.40. The van der Waals surface area contributed by atoms with E-state index in [2.05, 4.69) is 21.2 Å². The van der Waals surface area contributed by atoms with Crippen LogP contribution in [0.5, 0.6) is 5.75 Å². The van der Waals surface area contributed by atoms with Crippen LogP contribution in [0.1, 0.15) is 5.56 Å². The van der Waals surface area contributed by atoms with Gasteiger partial charge in [-0.2, -0.15) is 0 Å². The first kappa shape index (κ1) is 21.7. The third kappa shape index (κ3) is 4.87. The Bertz CT molecular complexity index is 1220. The second-order valence-corrected chi connectivity index (χ2v) is 10.1. The van der Waals surface area contributed by atoms with Gasteiger partial charge in [0.15, 0.2) is 6.10 Å². The van der Waals surface area contributed by atoms with Crippen LogP contribution in [0.4, 0.5) is 11.4 Å². The van der Waals surface area contributed by atoms with Crippen LogP contribution in [0.15, 0.2) is 77.3 Å². The third-order valence-corrected chi connectivity index (χ3v) is 7.69. The summed E-state index contributed by atoms with van der Waals surface area (Å²) in [7, 11) is -3.76. The van der Waals surface area contributed by atoms with Gasteiger partial charge in [-0.15, -0.1) is 0 Å². The predicted molar refractivity (Wildman–Crippen MR) is 125 cm³/mol. The number of nitrogens with zero attached hydrogens (tertiary/aromatic N) is 1. The molecule has 31 heavy (non-hydrogen) atoms. The van der Waals surface area contributed by atoms with Gasteiger partial charge in [0.25, 0.3) is 5.91 Å². The van der Waals surface area contributed by atoms with Gasteiger partial charge < -0.3 is 10.1 Å². The largest absolute Gasteiger partial charge is 0.476 e. The fourth-order valence-corrected chi connectivity index (χ4v) is 5.27. The summed E-state index contributed by atoms with van der Waals surface area (Å²) < 4.78 is 34.3. The van der Waals surface area contributed by atoms with Crippen molar-refractivity contribution in [1.82, 2.24) is 0 Å². The van der Waals surface area contributed by atoms with E-state index >= 15 is 0 Å². The van der Waals surface area contributed by atoms with E-state index in [1.54, 1.807) is 66.7 Å². The number of sulfonamides is 1. The van der Waals surface area contributed by atoms with Gasteiger partial charge in [-0.25, -0.2) is 8.42 Å². The van der Waals surface area contributed by atoms with Crippen molar-refractivity contribution in [1.29, 1.82) is 0 Å². The molecule has 0 radical (unpaired) electrons. The number of carbonyl (C=O) groups excluding carboxylic acids is 1. The number of hydrogen-bond acceptors (Lipinski definition) is 4. The van der Waals surface area contributed by atoms with Gasteiger partial charge in [-0.05, 0) is 51.8 Å². The lowest BCUT2D eigenvalue weighted by Crippen LogP contribution is -2.49. The van der Waals surface area contributed by atoms with E-state index in [1.165, 1.54) is 4.31 Å². The molecule has 1 aliphatic heterocycles. The van der Waals surface area contributed by atoms with Crippen LogP contribution in [0.3, 0.4) is 0 Å². The molecule has 0 aromatic heterocycles. The van der Waals surface area contributed by atoms with Crippen LogP contribution >= 0.6 is 27.5 Å². The third-order valence-electron chi connectivity index (χ3n) is 4.74. The summed E-state index contributed by atoms with van der Waals surface area (Å²) in [6.07, 6.45) is -1.03. The average molecular weight is 522 g/mol. The highest BCUT2D eigenvalue weighted by Crippen LogP contribution is 2.36. The van der Waals surface area contributed by atoms with Crippen molar-refractivity contribution in [2.24, 2.45) is 0 Å². The zero-order valence-electron chi connectivity index (χ0n) is 16.2. The second kappa shape index (κ2) is 8.90. The minimum atomic E-state index is -3.76. The van der Waals surface area contributed by atoms with E-state index in [4.69, 9.17) is 16.3 Å². The lowest BCUT2D eigenvalue weighted by molar-refractivity contribution is -0.122. The number of nitrogens with one attached hydrogen (secondary N) is 1. The molecule has 0 saturated carbocycles. The number of rotatable bonds is 5. The monoisotopic (exact) mass is 520 g/mol. The van der Waals surface area contributed by atoms with Crippen LogP contribution < -0.4 is 14.4 Å². The molecule has 1 atom stereocenters. The first-order valence-electron chi connectivity index (χ1n) is 9.39. The molecule has 0 spiro atoms. The summed E-state index contributed by atoms with van der Waals surface area (Å²) in [5, 5.41) is 3.19. The molecule has 3 aromatic carbocycles. The molecule has 1 heterocycles. The van der Waals surface area contributed by atoms with Crippen LogP contribution in [0, 0.1) is 0 Å². The molecule has 4 rings (SSSR count). The molecule has 6 nitrogen and oxygen atoms in total. The number of amides is 1. The Labute approximate surface area is 194 Å². The molecule has 0 saturated heterocycles. The van der Waals surface area contributed by atoms with E-state index in [-0.39, 0.29) is 12.3 Å². The fraction of sp³-hybridized carbons (Fsp3) is 0.136. The number of fused-ring (bicyclic) bond motifs is 1. The lowest BCUT2D eigenvalue weighted by Gasteiger charge is -2.34. The van der Waals surface area contributed by atoms with Gasteiger partial charge in [0.2, 0.25) is 10.0 Å². The van der Waals surface area contributed by atoms with Gasteiger partial charge in [0.1, 0.15) is 5.75 Å². The molecular weight excluding hydrogens is 504 g/mol. The zero-order chi connectivity index (χ0) is 22.0. The number of hydrogen-bond donors (Lipinski definition) is 1. The van der Waals surface area contributed by atoms with E-state index in [9.17, 15) is 13.2 Å². The second-order valence-electron chi connectivity index (χ2n) is 6.97. The zero-order valence-corrected chi connectivity index (χ0v) is 19.3. The maximum atomic E-state index is 13.2. The van der Waals surface area contributed by atoms with Crippen LogP contribution in [-0.4, -0.2) is 27.0 Å². The van der Waals surface area contributed by atoms with Crippen molar-refractivity contribution in [3.05, 3.63) is 87.9 Å². The van der Waals surface area contributed by atoms with Crippen LogP contribution in [0.25, 0.3) is 0 Å². The Hall–Kier alpha value is -2.55. The number of anilines is 2. The van der Waals surface area contributed by atoms with Crippen molar-refractivity contribution in [3.8, 4) is 5.75 Å². The normalized spacial score (nSPS) is 15.7. The van der Waals surface area contributed by atoms with Crippen LogP contribution in [-0.2, 0) is 20.6 Å². The highest BCUT2D eigenvalue weighted by molar-refractivity contribution is 9.10. The summed E-state index contributed by atoms with van der Waals surface area (Å²) in [6, 6.07) is 20.7. The first-order chi connectivity index (χ1) is 14.8. The molecule has 9 heteroatoms. The van der Waals surface area contributed by atoms with E-state index in [0.29, 0.717) is 32.2 Å². The minimum absolute atomic E-state index is 0.137. The summed E-state index contributed by atoms with van der Waals surface area (Å²) in [5.74, 6) is -0.314. The van der Waals surface area contributed by atoms with Gasteiger partial charge in [-0.1, -0.05) is 54.1 Å². The topological polar surface area (TPSA) is 75.7 Å². The number of halogens is 2. The molecule has 0 aliphatic carbocycles. The van der Waals surface area contributed by atoms with Crippen molar-refractivity contribution < 1.29 is 17.9 Å². The number of benzene rings is 3. The molecule has 0 bridgehead atoms. The van der Waals surface area contributed by atoms with Crippen LogP contribution in [0.2, 0.25) is 5.02 Å². The highest BCUT2D eigenvalue weighted by Gasteiger charge is 2.36. The Balaban J connectivity index is 1.60. The average Bonchev–Trinajstić information content (AvgIpc) is 2.76. The fourth-order valence-electron chi connectivity index (χ4n) is 3.26. The molecule has 1 aliphatic rings. The van der Waals surface area contributed by atoms with Crippen molar-refractivity contribution in [3.63, 3.8) is 0 Å². The Morgan fingerprint density at radius 1 is 1.10 bits per heavy atom. The molecule has 160 valence electrons. The Morgan fingerprint density at radius 3 is 2.55 bits per heavy atom.